The maximum Gasteiger partial charge on any atom is 0.220 e. The van der Waals surface area contributed by atoms with Crippen LogP contribution in [0.5, 0.6) is 0 Å². The van der Waals surface area contributed by atoms with Crippen LogP contribution in [-0.2, 0) is 4.79 Å². The summed E-state index contributed by atoms with van der Waals surface area (Å²) in [6.07, 6.45) is 61.8. The largest absolute Gasteiger partial charge is 0.394 e. The molecule has 4 heteroatoms. The summed E-state index contributed by atoms with van der Waals surface area (Å²) in [6.45, 7) is 4.31. The smallest absolute Gasteiger partial charge is 0.220 e. The maximum absolute atomic E-state index is 12.4. The highest BCUT2D eigenvalue weighted by Crippen LogP contribution is 2.17. The van der Waals surface area contributed by atoms with Gasteiger partial charge in [-0.05, 0) is 44.9 Å². The fourth-order valence-corrected chi connectivity index (χ4v) is 7.82. The fraction of sp³-hybridized carbons (Fsp3) is 0.902. The van der Waals surface area contributed by atoms with E-state index in [2.05, 4.69) is 31.3 Å². The number of aliphatic hydroxyl groups is 2. The van der Waals surface area contributed by atoms with Crippen LogP contribution in [0, 0.1) is 0 Å². The average Bonchev–Trinajstić information content (AvgIpc) is 3.19. The number of carbonyl (C=O) groups excluding carboxylic acids is 1. The van der Waals surface area contributed by atoms with Crippen LogP contribution in [0.3, 0.4) is 0 Å². The van der Waals surface area contributed by atoms with Gasteiger partial charge in [-0.2, -0.15) is 0 Å². The van der Waals surface area contributed by atoms with E-state index in [0.29, 0.717) is 6.42 Å². The summed E-state index contributed by atoms with van der Waals surface area (Å²) >= 11 is 0. The number of allylic oxidation sites excluding steroid dienone is 3. The summed E-state index contributed by atoms with van der Waals surface area (Å²) in [7, 11) is 0. The van der Waals surface area contributed by atoms with E-state index in [1.807, 2.05) is 6.08 Å². The molecule has 0 spiro atoms. The molecule has 0 bridgehead atoms. The first-order chi connectivity index (χ1) is 27.2. The second-order valence-corrected chi connectivity index (χ2v) is 17.2. The van der Waals surface area contributed by atoms with Crippen molar-refractivity contribution >= 4 is 5.91 Å². The third-order valence-electron chi connectivity index (χ3n) is 11.7. The average molecular weight is 774 g/mol. The minimum Gasteiger partial charge on any atom is -0.394 e. The van der Waals surface area contributed by atoms with E-state index in [-0.39, 0.29) is 12.5 Å². The van der Waals surface area contributed by atoms with E-state index in [9.17, 15) is 15.0 Å². The highest BCUT2D eigenvalue weighted by Gasteiger charge is 2.18. The fourth-order valence-electron chi connectivity index (χ4n) is 7.82. The molecule has 1 amide bonds. The van der Waals surface area contributed by atoms with Gasteiger partial charge in [-0.3, -0.25) is 4.79 Å². The van der Waals surface area contributed by atoms with Crippen molar-refractivity contribution in [2.45, 2.75) is 289 Å². The Hall–Kier alpha value is -1.13. The van der Waals surface area contributed by atoms with Crippen LogP contribution in [0.25, 0.3) is 0 Å². The van der Waals surface area contributed by atoms with Crippen LogP contribution in [0.4, 0.5) is 0 Å². The van der Waals surface area contributed by atoms with Crippen molar-refractivity contribution in [1.82, 2.24) is 5.32 Å². The molecule has 0 aliphatic rings. The first kappa shape index (κ1) is 53.9. The summed E-state index contributed by atoms with van der Waals surface area (Å²) in [5.74, 6) is -0.0711. The van der Waals surface area contributed by atoms with Crippen LogP contribution in [0.1, 0.15) is 277 Å². The van der Waals surface area contributed by atoms with Gasteiger partial charge in [-0.15, -0.1) is 0 Å². The molecule has 326 valence electrons. The summed E-state index contributed by atoms with van der Waals surface area (Å²) in [5, 5.41) is 23.0. The topological polar surface area (TPSA) is 69.6 Å². The Morgan fingerprint density at radius 3 is 1.02 bits per heavy atom. The lowest BCUT2D eigenvalue weighted by molar-refractivity contribution is -0.123. The van der Waals surface area contributed by atoms with Crippen LogP contribution in [0.2, 0.25) is 0 Å². The number of hydrogen-bond donors (Lipinski definition) is 3. The zero-order valence-corrected chi connectivity index (χ0v) is 37.5. The Kier molecular flexibility index (Phi) is 46.3. The first-order valence-electron chi connectivity index (χ1n) is 25.1. The molecule has 0 aliphatic heterocycles. The summed E-state index contributed by atoms with van der Waals surface area (Å²) < 4.78 is 0. The molecule has 0 fully saturated rings. The Morgan fingerprint density at radius 2 is 0.691 bits per heavy atom. The van der Waals surface area contributed by atoms with Crippen molar-refractivity contribution in [3.63, 3.8) is 0 Å². The molecule has 0 aliphatic carbocycles. The van der Waals surface area contributed by atoms with E-state index in [1.54, 1.807) is 6.08 Å². The molecule has 0 aromatic carbocycles. The summed E-state index contributed by atoms with van der Waals surface area (Å²) in [5.41, 5.74) is 0. The predicted octanol–water partition coefficient (Wildman–Crippen LogP) is 16.0. The monoisotopic (exact) mass is 774 g/mol. The molecule has 0 aromatic heterocycles. The van der Waals surface area contributed by atoms with Crippen LogP contribution < -0.4 is 5.32 Å². The number of aliphatic hydroxyl groups excluding tert-OH is 2. The lowest BCUT2D eigenvalue weighted by Gasteiger charge is -2.20. The van der Waals surface area contributed by atoms with Crippen LogP contribution >= 0.6 is 0 Å². The molecular weight excluding hydrogens is 675 g/mol. The van der Waals surface area contributed by atoms with Gasteiger partial charge in [0, 0.05) is 6.42 Å². The molecule has 3 N–H and O–H groups in total. The number of rotatable bonds is 46. The van der Waals surface area contributed by atoms with Gasteiger partial charge >= 0.3 is 0 Å². The van der Waals surface area contributed by atoms with Gasteiger partial charge in [-0.25, -0.2) is 0 Å². The maximum atomic E-state index is 12.4. The summed E-state index contributed by atoms with van der Waals surface area (Å²) in [6, 6.07) is -0.624. The lowest BCUT2D eigenvalue weighted by Crippen LogP contribution is -2.45. The van der Waals surface area contributed by atoms with Gasteiger partial charge in [0.1, 0.15) is 0 Å². The molecule has 2 unspecified atom stereocenters. The highest BCUT2D eigenvalue weighted by molar-refractivity contribution is 5.76. The Morgan fingerprint density at radius 1 is 0.418 bits per heavy atom. The SMILES string of the molecule is CCCCCC/C=C\CCCCCCCC(=O)NC(CO)C(O)/C=C/CCCCCCCCCCCCCCCCCCCCCCCCCCCCCC. The van der Waals surface area contributed by atoms with Gasteiger partial charge in [0.25, 0.3) is 0 Å². The van der Waals surface area contributed by atoms with E-state index in [1.165, 1.54) is 218 Å². The van der Waals surface area contributed by atoms with Crippen molar-refractivity contribution < 1.29 is 15.0 Å². The molecule has 0 saturated carbocycles. The number of amides is 1. The second-order valence-electron chi connectivity index (χ2n) is 17.2. The summed E-state index contributed by atoms with van der Waals surface area (Å²) in [4.78, 5) is 12.4. The molecule has 0 aromatic rings. The normalized spacial score (nSPS) is 13.0. The predicted molar refractivity (Wildman–Crippen MR) is 244 cm³/mol. The van der Waals surface area contributed by atoms with Gasteiger partial charge in [0.2, 0.25) is 5.91 Å². The van der Waals surface area contributed by atoms with Gasteiger partial charge < -0.3 is 15.5 Å². The number of carbonyl (C=O) groups is 1. The standard InChI is InChI=1S/C51H99NO3/c1-3-5-7-9-11-13-15-17-18-19-20-21-22-23-24-25-26-27-28-29-30-31-32-33-35-36-38-40-42-44-46-50(54)49(48-53)52-51(55)47-45-43-41-39-37-34-16-14-12-10-8-6-4-2/h14,16,44,46,49-50,53-54H,3-13,15,17-43,45,47-48H2,1-2H3,(H,52,55)/b16-14-,46-44+. The van der Waals surface area contributed by atoms with Crippen LogP contribution in [-0.4, -0.2) is 34.9 Å². The Labute approximate surface area is 345 Å². The zero-order valence-electron chi connectivity index (χ0n) is 37.5. The molecule has 2 atom stereocenters. The van der Waals surface area contributed by atoms with Crippen molar-refractivity contribution in [3.8, 4) is 0 Å². The highest BCUT2D eigenvalue weighted by atomic mass is 16.3. The number of unbranched alkanes of at least 4 members (excludes halogenated alkanes) is 37. The Bertz CT molecular complexity index is 795. The molecular formula is C51H99NO3. The third kappa shape index (κ3) is 43.8. The molecule has 0 radical (unpaired) electrons. The van der Waals surface area contributed by atoms with E-state index >= 15 is 0 Å². The quantitative estimate of drug-likeness (QED) is 0.0426. The Balaban J connectivity index is 3.44. The molecule has 0 heterocycles. The van der Waals surface area contributed by atoms with E-state index < -0.39 is 12.1 Å². The van der Waals surface area contributed by atoms with Gasteiger partial charge in [0.15, 0.2) is 0 Å². The van der Waals surface area contributed by atoms with Crippen molar-refractivity contribution in [2.24, 2.45) is 0 Å². The second kappa shape index (κ2) is 47.2. The van der Waals surface area contributed by atoms with Crippen molar-refractivity contribution in [1.29, 1.82) is 0 Å². The zero-order chi connectivity index (χ0) is 40.0. The van der Waals surface area contributed by atoms with Crippen molar-refractivity contribution in [3.05, 3.63) is 24.3 Å². The van der Waals surface area contributed by atoms with Crippen molar-refractivity contribution in [2.75, 3.05) is 6.61 Å². The molecule has 55 heavy (non-hydrogen) atoms. The van der Waals surface area contributed by atoms with E-state index in [0.717, 1.165) is 38.5 Å². The van der Waals surface area contributed by atoms with E-state index in [4.69, 9.17) is 0 Å². The number of nitrogens with one attached hydrogen (secondary N) is 1. The van der Waals surface area contributed by atoms with Gasteiger partial charge in [-0.1, -0.05) is 250 Å². The van der Waals surface area contributed by atoms with Crippen LogP contribution in [0.15, 0.2) is 24.3 Å². The molecule has 0 saturated heterocycles. The minimum atomic E-state index is -0.840. The molecule has 4 nitrogen and oxygen atoms in total. The van der Waals surface area contributed by atoms with Gasteiger partial charge in [0.05, 0.1) is 18.8 Å². The third-order valence-corrected chi connectivity index (χ3v) is 11.7. The minimum absolute atomic E-state index is 0.0711. The number of hydrogen-bond acceptors (Lipinski definition) is 3. The first-order valence-corrected chi connectivity index (χ1v) is 25.1. The lowest BCUT2D eigenvalue weighted by atomic mass is 10.0. The molecule has 0 rings (SSSR count).